The molecule has 0 aromatic heterocycles. The number of nitrogens with zero attached hydrogens (tertiary/aromatic N) is 1. The van der Waals surface area contributed by atoms with Crippen LogP contribution in [0.25, 0.3) is 0 Å². The maximum atomic E-state index is 3.47. The van der Waals surface area contributed by atoms with Crippen molar-refractivity contribution >= 4 is 0 Å². The summed E-state index contributed by atoms with van der Waals surface area (Å²) in [6.07, 6.45) is 0. The fourth-order valence-corrected chi connectivity index (χ4v) is 1.52. The quantitative estimate of drug-likeness (QED) is 0.716. The van der Waals surface area contributed by atoms with Crippen LogP contribution < -0.4 is 5.32 Å². The van der Waals surface area contributed by atoms with Crippen LogP contribution in [0.5, 0.6) is 0 Å². The first-order chi connectivity index (χ1) is 7.20. The molecule has 1 aromatic carbocycles. The van der Waals surface area contributed by atoms with Gasteiger partial charge in [-0.15, -0.1) is 0 Å². The van der Waals surface area contributed by atoms with E-state index in [1.807, 2.05) is 0 Å². The Morgan fingerprint density at radius 1 is 1.20 bits per heavy atom. The highest BCUT2D eigenvalue weighted by Gasteiger charge is 2.03. The Labute approximate surface area is 93.3 Å². The van der Waals surface area contributed by atoms with Gasteiger partial charge in [0.15, 0.2) is 0 Å². The molecule has 1 atom stereocenters. The summed E-state index contributed by atoms with van der Waals surface area (Å²) < 4.78 is 0. The summed E-state index contributed by atoms with van der Waals surface area (Å²) in [5.74, 6) is 0.591. The van der Waals surface area contributed by atoms with Crippen LogP contribution in [-0.4, -0.2) is 38.6 Å². The molecule has 0 aliphatic rings. The van der Waals surface area contributed by atoms with Gasteiger partial charge in [0.1, 0.15) is 0 Å². The van der Waals surface area contributed by atoms with Crippen LogP contribution in [0.1, 0.15) is 18.4 Å². The molecule has 0 spiro atoms. The van der Waals surface area contributed by atoms with E-state index in [1.54, 1.807) is 0 Å². The largest absolute Gasteiger partial charge is 0.315 e. The van der Waals surface area contributed by atoms with Gasteiger partial charge in [-0.1, -0.05) is 37.3 Å². The summed E-state index contributed by atoms with van der Waals surface area (Å²) in [6.45, 7) is 5.47. The van der Waals surface area contributed by atoms with E-state index >= 15 is 0 Å². The SMILES string of the molecule is C[C@H](CNCCN(C)C)c1ccccc1. The molecule has 15 heavy (non-hydrogen) atoms. The van der Waals surface area contributed by atoms with Crippen molar-refractivity contribution in [3.63, 3.8) is 0 Å². The number of benzene rings is 1. The molecular weight excluding hydrogens is 184 g/mol. The molecule has 84 valence electrons. The number of hydrogen-bond donors (Lipinski definition) is 1. The average Bonchev–Trinajstić information content (AvgIpc) is 2.25. The molecule has 2 nitrogen and oxygen atoms in total. The smallest absolute Gasteiger partial charge is 0.0101 e. The lowest BCUT2D eigenvalue weighted by Crippen LogP contribution is -2.29. The second kappa shape index (κ2) is 6.59. The fraction of sp³-hybridized carbons (Fsp3) is 0.538. The van der Waals surface area contributed by atoms with E-state index < -0.39 is 0 Å². The number of nitrogens with one attached hydrogen (secondary N) is 1. The van der Waals surface area contributed by atoms with E-state index in [1.165, 1.54) is 5.56 Å². The summed E-state index contributed by atoms with van der Waals surface area (Å²) in [7, 11) is 4.20. The third-order valence-electron chi connectivity index (χ3n) is 2.55. The van der Waals surface area contributed by atoms with Gasteiger partial charge in [0.05, 0.1) is 0 Å². The molecule has 0 bridgehead atoms. The van der Waals surface area contributed by atoms with Crippen molar-refractivity contribution in [2.75, 3.05) is 33.7 Å². The molecule has 0 aliphatic carbocycles. The minimum absolute atomic E-state index is 0.591. The topological polar surface area (TPSA) is 15.3 Å². The molecule has 0 saturated carbocycles. The highest BCUT2D eigenvalue weighted by atomic mass is 15.1. The molecular formula is C13H22N2. The molecule has 1 rings (SSSR count). The van der Waals surface area contributed by atoms with Crippen LogP contribution in [0, 0.1) is 0 Å². The number of likely N-dealkylation sites (N-methyl/N-ethyl adjacent to an activating group) is 1. The second-order valence-electron chi connectivity index (χ2n) is 4.32. The van der Waals surface area contributed by atoms with Gasteiger partial charge >= 0.3 is 0 Å². The van der Waals surface area contributed by atoms with Crippen LogP contribution in [0.3, 0.4) is 0 Å². The van der Waals surface area contributed by atoms with Gasteiger partial charge in [-0.3, -0.25) is 0 Å². The summed E-state index contributed by atoms with van der Waals surface area (Å²) >= 11 is 0. The summed E-state index contributed by atoms with van der Waals surface area (Å²) in [4.78, 5) is 2.19. The monoisotopic (exact) mass is 206 g/mol. The van der Waals surface area contributed by atoms with Gasteiger partial charge < -0.3 is 10.2 Å². The Morgan fingerprint density at radius 3 is 2.47 bits per heavy atom. The van der Waals surface area contributed by atoms with Gasteiger partial charge in [0.2, 0.25) is 0 Å². The third-order valence-corrected chi connectivity index (χ3v) is 2.55. The Morgan fingerprint density at radius 2 is 1.87 bits per heavy atom. The maximum Gasteiger partial charge on any atom is 0.0101 e. The Kier molecular flexibility index (Phi) is 5.37. The molecule has 0 fully saturated rings. The zero-order valence-corrected chi connectivity index (χ0v) is 10.0. The first-order valence-electron chi connectivity index (χ1n) is 5.60. The fourth-order valence-electron chi connectivity index (χ4n) is 1.52. The molecule has 1 aromatic rings. The van der Waals surface area contributed by atoms with E-state index in [2.05, 4.69) is 61.6 Å². The van der Waals surface area contributed by atoms with Gasteiger partial charge in [0.25, 0.3) is 0 Å². The minimum Gasteiger partial charge on any atom is -0.315 e. The number of rotatable bonds is 6. The van der Waals surface area contributed by atoms with Crippen molar-refractivity contribution in [3.8, 4) is 0 Å². The second-order valence-corrected chi connectivity index (χ2v) is 4.32. The molecule has 0 unspecified atom stereocenters. The minimum atomic E-state index is 0.591. The normalized spacial score (nSPS) is 13.1. The molecule has 0 heterocycles. The Bertz CT molecular complexity index is 256. The average molecular weight is 206 g/mol. The van der Waals surface area contributed by atoms with Gasteiger partial charge in [-0.05, 0) is 25.6 Å². The molecule has 0 amide bonds. The predicted molar refractivity (Wildman–Crippen MR) is 66.3 cm³/mol. The van der Waals surface area contributed by atoms with E-state index in [0.29, 0.717) is 5.92 Å². The number of hydrogen-bond acceptors (Lipinski definition) is 2. The van der Waals surface area contributed by atoms with Gasteiger partial charge in [-0.25, -0.2) is 0 Å². The van der Waals surface area contributed by atoms with Crippen molar-refractivity contribution < 1.29 is 0 Å². The van der Waals surface area contributed by atoms with Crippen LogP contribution in [0.2, 0.25) is 0 Å². The standard InChI is InChI=1S/C13H22N2/c1-12(11-14-9-10-15(2)3)13-7-5-4-6-8-13/h4-8,12,14H,9-11H2,1-3H3/t12-/m1/s1. The highest BCUT2D eigenvalue weighted by molar-refractivity contribution is 5.18. The van der Waals surface area contributed by atoms with E-state index in [9.17, 15) is 0 Å². The zero-order valence-electron chi connectivity index (χ0n) is 10.0. The van der Waals surface area contributed by atoms with Crippen molar-refractivity contribution in [2.45, 2.75) is 12.8 Å². The lowest BCUT2D eigenvalue weighted by atomic mass is 10.0. The van der Waals surface area contributed by atoms with Crippen LogP contribution in [0.15, 0.2) is 30.3 Å². The first-order valence-corrected chi connectivity index (χ1v) is 5.60. The molecule has 0 aliphatic heterocycles. The zero-order chi connectivity index (χ0) is 11.1. The molecule has 0 saturated heterocycles. The molecule has 2 heteroatoms. The van der Waals surface area contributed by atoms with E-state index in [-0.39, 0.29) is 0 Å². The Hall–Kier alpha value is -0.860. The maximum absolute atomic E-state index is 3.47. The van der Waals surface area contributed by atoms with Crippen molar-refractivity contribution in [3.05, 3.63) is 35.9 Å². The van der Waals surface area contributed by atoms with Gasteiger partial charge in [0, 0.05) is 19.6 Å². The Balaban J connectivity index is 2.22. The van der Waals surface area contributed by atoms with E-state index in [0.717, 1.165) is 19.6 Å². The highest BCUT2D eigenvalue weighted by Crippen LogP contribution is 2.12. The van der Waals surface area contributed by atoms with Gasteiger partial charge in [-0.2, -0.15) is 0 Å². The third kappa shape index (κ3) is 4.96. The lowest BCUT2D eigenvalue weighted by Gasteiger charge is -2.14. The summed E-state index contributed by atoms with van der Waals surface area (Å²) in [5, 5.41) is 3.47. The first kappa shape index (κ1) is 12.2. The van der Waals surface area contributed by atoms with E-state index in [4.69, 9.17) is 0 Å². The summed E-state index contributed by atoms with van der Waals surface area (Å²) in [5.41, 5.74) is 1.41. The molecule has 0 radical (unpaired) electrons. The van der Waals surface area contributed by atoms with Crippen LogP contribution >= 0.6 is 0 Å². The summed E-state index contributed by atoms with van der Waals surface area (Å²) in [6, 6.07) is 10.7. The van der Waals surface area contributed by atoms with Crippen molar-refractivity contribution in [1.82, 2.24) is 10.2 Å². The molecule has 1 N–H and O–H groups in total. The predicted octanol–water partition coefficient (Wildman–Crippen LogP) is 1.94. The van der Waals surface area contributed by atoms with Crippen molar-refractivity contribution in [1.29, 1.82) is 0 Å². The van der Waals surface area contributed by atoms with Crippen LogP contribution in [-0.2, 0) is 0 Å². The van der Waals surface area contributed by atoms with Crippen molar-refractivity contribution in [2.24, 2.45) is 0 Å². The lowest BCUT2D eigenvalue weighted by molar-refractivity contribution is 0.398. The van der Waals surface area contributed by atoms with Crippen LogP contribution in [0.4, 0.5) is 0 Å².